The van der Waals surface area contributed by atoms with Crippen molar-refractivity contribution in [1.29, 1.82) is 0 Å². The Morgan fingerprint density at radius 1 is 1.12 bits per heavy atom. The van der Waals surface area contributed by atoms with Crippen molar-refractivity contribution >= 4 is 29.4 Å². The van der Waals surface area contributed by atoms with Crippen molar-refractivity contribution in [3.63, 3.8) is 0 Å². The lowest BCUT2D eigenvalue weighted by molar-refractivity contribution is 0.0990. The number of nitrogens with zero attached hydrogens (tertiary/aromatic N) is 2. The molecule has 0 bridgehead atoms. The fourth-order valence-electron chi connectivity index (χ4n) is 2.24. The van der Waals surface area contributed by atoms with Crippen LogP contribution in [0.1, 0.15) is 20.8 Å². The number of anilines is 1. The van der Waals surface area contributed by atoms with Gasteiger partial charge in [0.2, 0.25) is 0 Å². The molecule has 0 spiro atoms. The molecular weight excluding hydrogens is 324 g/mol. The summed E-state index contributed by atoms with van der Waals surface area (Å²) in [6, 6.07) is 12.7. The highest BCUT2D eigenvalue weighted by molar-refractivity contribution is 7.97. The zero-order valence-electron chi connectivity index (χ0n) is 13.0. The molecule has 6 nitrogen and oxygen atoms in total. The summed E-state index contributed by atoms with van der Waals surface area (Å²) in [7, 11) is 1.76. The Balaban J connectivity index is 1.70. The summed E-state index contributed by atoms with van der Waals surface area (Å²) in [6.45, 7) is 0. The summed E-state index contributed by atoms with van der Waals surface area (Å²) < 4.78 is 3.48. The van der Waals surface area contributed by atoms with Gasteiger partial charge in [-0.15, -0.1) is 0 Å². The molecule has 3 aromatic rings. The van der Waals surface area contributed by atoms with Crippen LogP contribution in [0.25, 0.3) is 0 Å². The average molecular weight is 340 g/mol. The van der Waals surface area contributed by atoms with E-state index in [9.17, 15) is 9.59 Å². The number of benzene rings is 1. The van der Waals surface area contributed by atoms with Gasteiger partial charge in [-0.3, -0.25) is 13.6 Å². The maximum Gasteiger partial charge on any atom is 0.265 e. The van der Waals surface area contributed by atoms with Crippen LogP contribution in [0.2, 0.25) is 0 Å². The molecule has 0 saturated heterocycles. The van der Waals surface area contributed by atoms with Gasteiger partial charge >= 0.3 is 0 Å². The van der Waals surface area contributed by atoms with E-state index in [4.69, 9.17) is 5.73 Å². The lowest BCUT2D eigenvalue weighted by Gasteiger charge is -2.02. The second-order valence-electron chi connectivity index (χ2n) is 5.21. The van der Waals surface area contributed by atoms with Gasteiger partial charge in [0.15, 0.2) is 0 Å². The van der Waals surface area contributed by atoms with Crippen LogP contribution in [0.3, 0.4) is 0 Å². The van der Waals surface area contributed by atoms with E-state index in [-0.39, 0.29) is 5.91 Å². The second-order valence-corrected chi connectivity index (χ2v) is 6.28. The predicted molar refractivity (Wildman–Crippen MR) is 94.0 cm³/mol. The Bertz CT molecular complexity index is 883. The van der Waals surface area contributed by atoms with Crippen molar-refractivity contribution in [3.05, 3.63) is 72.3 Å². The number of carbonyl (C=O) groups excluding carboxylic acids is 2. The molecule has 7 heteroatoms. The number of hydrogen-bond acceptors (Lipinski definition) is 3. The molecule has 2 amide bonds. The molecule has 2 aromatic heterocycles. The zero-order chi connectivity index (χ0) is 17.1. The molecule has 3 rings (SSSR count). The molecule has 2 heterocycles. The van der Waals surface area contributed by atoms with Crippen LogP contribution in [0, 0.1) is 0 Å². The van der Waals surface area contributed by atoms with E-state index in [0.717, 1.165) is 10.6 Å². The molecule has 0 aliphatic heterocycles. The topological polar surface area (TPSA) is 82.1 Å². The van der Waals surface area contributed by atoms with E-state index < -0.39 is 5.91 Å². The van der Waals surface area contributed by atoms with Crippen LogP contribution < -0.4 is 11.1 Å². The standard InChI is InChI=1S/C17H16N4O2S/c1-20-11-14(9-15(20)16(18)22)24-21-8-7-12(10-21)17(23)19-13-5-3-2-4-6-13/h2-11H,1H3,(H2,18,22)(H,19,23). The molecule has 0 unspecified atom stereocenters. The largest absolute Gasteiger partial charge is 0.364 e. The average Bonchev–Trinajstić information content (AvgIpc) is 3.15. The Kier molecular flexibility index (Phi) is 4.43. The van der Waals surface area contributed by atoms with Gasteiger partial charge in [-0.25, -0.2) is 0 Å². The van der Waals surface area contributed by atoms with Crippen LogP contribution in [-0.2, 0) is 7.05 Å². The first-order chi connectivity index (χ1) is 11.5. The van der Waals surface area contributed by atoms with Gasteiger partial charge in [-0.1, -0.05) is 18.2 Å². The van der Waals surface area contributed by atoms with Crippen molar-refractivity contribution in [2.45, 2.75) is 4.90 Å². The number of nitrogens with two attached hydrogens (primary N) is 1. The van der Waals surface area contributed by atoms with E-state index in [2.05, 4.69) is 5.32 Å². The van der Waals surface area contributed by atoms with Crippen molar-refractivity contribution in [2.24, 2.45) is 12.8 Å². The molecule has 0 radical (unpaired) electrons. The predicted octanol–water partition coefficient (Wildman–Crippen LogP) is 2.73. The fourth-order valence-corrected chi connectivity index (χ4v) is 3.14. The normalized spacial score (nSPS) is 10.5. The van der Waals surface area contributed by atoms with Crippen molar-refractivity contribution in [2.75, 3.05) is 5.32 Å². The minimum atomic E-state index is -0.472. The first-order valence-electron chi connectivity index (χ1n) is 7.22. The third-order valence-electron chi connectivity index (χ3n) is 3.40. The van der Waals surface area contributed by atoms with Gasteiger partial charge in [-0.2, -0.15) is 0 Å². The number of aryl methyl sites for hydroxylation is 1. The first-order valence-corrected chi connectivity index (χ1v) is 7.99. The Labute approximate surface area is 143 Å². The minimum absolute atomic E-state index is 0.175. The molecule has 0 aliphatic carbocycles. The van der Waals surface area contributed by atoms with Crippen LogP contribution in [0.15, 0.2) is 66.0 Å². The zero-order valence-corrected chi connectivity index (χ0v) is 13.8. The van der Waals surface area contributed by atoms with Gasteiger partial charge in [-0.05, 0) is 36.2 Å². The van der Waals surface area contributed by atoms with Crippen molar-refractivity contribution in [3.8, 4) is 0 Å². The molecule has 0 fully saturated rings. The molecular formula is C17H16N4O2S. The maximum absolute atomic E-state index is 12.2. The number of aromatic nitrogens is 2. The molecule has 122 valence electrons. The van der Waals surface area contributed by atoms with Crippen LogP contribution in [0.4, 0.5) is 5.69 Å². The van der Waals surface area contributed by atoms with Gasteiger partial charge in [0, 0.05) is 36.2 Å². The molecule has 0 saturated carbocycles. The quantitative estimate of drug-likeness (QED) is 0.749. The van der Waals surface area contributed by atoms with Gasteiger partial charge in [0.1, 0.15) is 5.69 Å². The minimum Gasteiger partial charge on any atom is -0.364 e. The lowest BCUT2D eigenvalue weighted by atomic mass is 10.3. The van der Waals surface area contributed by atoms with Gasteiger partial charge in [0.25, 0.3) is 11.8 Å². The number of para-hydroxylation sites is 1. The second kappa shape index (κ2) is 6.67. The van der Waals surface area contributed by atoms with E-state index >= 15 is 0 Å². The molecule has 0 atom stereocenters. The Morgan fingerprint density at radius 2 is 1.88 bits per heavy atom. The SMILES string of the molecule is Cn1cc(Sn2ccc(C(=O)Nc3ccccc3)c2)cc1C(N)=O. The Morgan fingerprint density at radius 3 is 2.54 bits per heavy atom. The highest BCUT2D eigenvalue weighted by Crippen LogP contribution is 2.23. The number of amides is 2. The Hall–Kier alpha value is -2.93. The highest BCUT2D eigenvalue weighted by Gasteiger charge is 2.11. The van der Waals surface area contributed by atoms with E-state index in [1.54, 1.807) is 40.1 Å². The molecule has 1 aromatic carbocycles. The number of rotatable bonds is 5. The van der Waals surface area contributed by atoms with Crippen LogP contribution in [-0.4, -0.2) is 20.4 Å². The molecule has 24 heavy (non-hydrogen) atoms. The lowest BCUT2D eigenvalue weighted by Crippen LogP contribution is -2.14. The summed E-state index contributed by atoms with van der Waals surface area (Å²) in [5.74, 6) is -0.647. The summed E-state index contributed by atoms with van der Waals surface area (Å²) in [4.78, 5) is 24.4. The van der Waals surface area contributed by atoms with E-state index in [1.165, 1.54) is 11.9 Å². The summed E-state index contributed by atoms with van der Waals surface area (Å²) in [6.07, 6.45) is 5.34. The van der Waals surface area contributed by atoms with Crippen molar-refractivity contribution < 1.29 is 9.59 Å². The van der Waals surface area contributed by atoms with E-state index in [0.29, 0.717) is 11.3 Å². The monoisotopic (exact) mass is 340 g/mol. The van der Waals surface area contributed by atoms with Gasteiger partial charge in [0.05, 0.1) is 5.56 Å². The maximum atomic E-state index is 12.2. The highest BCUT2D eigenvalue weighted by atomic mass is 32.2. The number of hydrogen-bond donors (Lipinski definition) is 2. The fraction of sp³-hybridized carbons (Fsp3) is 0.0588. The van der Waals surface area contributed by atoms with Crippen LogP contribution >= 0.6 is 11.9 Å². The smallest absolute Gasteiger partial charge is 0.265 e. The molecule has 3 N–H and O–H groups in total. The van der Waals surface area contributed by atoms with E-state index in [1.807, 2.05) is 36.5 Å². The number of nitrogens with one attached hydrogen (secondary N) is 1. The van der Waals surface area contributed by atoms with Gasteiger partial charge < -0.3 is 15.6 Å². The third-order valence-corrected chi connectivity index (χ3v) is 4.28. The summed E-state index contributed by atoms with van der Waals surface area (Å²) >= 11 is 1.39. The number of carbonyl (C=O) groups is 2. The van der Waals surface area contributed by atoms with Crippen molar-refractivity contribution in [1.82, 2.24) is 8.54 Å². The number of primary amides is 1. The summed E-state index contributed by atoms with van der Waals surface area (Å²) in [5, 5.41) is 2.84. The third kappa shape index (κ3) is 3.52. The first kappa shape index (κ1) is 15.9. The molecule has 0 aliphatic rings. The summed E-state index contributed by atoms with van der Waals surface area (Å²) in [5.41, 5.74) is 7.05. The van der Waals surface area contributed by atoms with Crippen LogP contribution in [0.5, 0.6) is 0 Å².